The van der Waals surface area contributed by atoms with Crippen molar-refractivity contribution in [3.05, 3.63) is 72.4 Å². The monoisotopic (exact) mass is 936 g/mol. The minimum atomic E-state index is -0.737. The summed E-state index contributed by atoms with van der Waals surface area (Å²) in [5, 5.41) is 5.42. The number of carbonyl (C=O) groups is 4. The Morgan fingerprint density at radius 1 is 0.647 bits per heavy atom. The molecule has 2 aliphatic heterocycles. The normalized spacial score (nSPS) is 16.9. The Bertz CT molecular complexity index is 2560. The van der Waals surface area contributed by atoms with Crippen molar-refractivity contribution in [2.24, 2.45) is 11.8 Å². The Kier molecular flexibility index (Phi) is 16.2. The molecule has 3 aromatic carbocycles. The van der Waals surface area contributed by atoms with Crippen molar-refractivity contribution in [1.29, 1.82) is 0 Å². The predicted molar refractivity (Wildman–Crippen MR) is 255 cm³/mol. The number of aromatic amines is 2. The van der Waals surface area contributed by atoms with Gasteiger partial charge in [0.25, 0.3) is 0 Å². The number of nitrogens with zero attached hydrogens (tertiary/aromatic N) is 4. The lowest BCUT2D eigenvalue weighted by molar-refractivity contribution is -0.136. The van der Waals surface area contributed by atoms with E-state index < -0.39 is 24.3 Å². The summed E-state index contributed by atoms with van der Waals surface area (Å²) in [5.41, 5.74) is 6.64. The molecule has 0 radical (unpaired) electrons. The third-order valence-corrected chi connectivity index (χ3v) is 12.6. The number of ether oxygens (including phenoxy) is 6. The summed E-state index contributed by atoms with van der Waals surface area (Å²) in [6.45, 7) is 10.0. The molecule has 0 bridgehead atoms. The maximum Gasteiger partial charge on any atom is 0.407 e. The van der Waals surface area contributed by atoms with E-state index in [1.165, 1.54) is 14.2 Å². The highest BCUT2D eigenvalue weighted by molar-refractivity contribution is 5.88. The number of hydrogen-bond donors (Lipinski definition) is 4. The number of carbonyl (C=O) groups excluding carboxylic acids is 4. The summed E-state index contributed by atoms with van der Waals surface area (Å²) in [6.07, 6.45) is 3.55. The molecule has 0 aliphatic carbocycles. The molecule has 4 atom stereocenters. The first-order valence-corrected chi connectivity index (χ1v) is 23.2. The molecule has 4 unspecified atom stereocenters. The predicted octanol–water partition coefficient (Wildman–Crippen LogP) is 7.43. The summed E-state index contributed by atoms with van der Waals surface area (Å²) < 4.78 is 33.1. The Balaban J connectivity index is 1.16. The van der Waals surface area contributed by atoms with Crippen LogP contribution in [0.5, 0.6) is 11.5 Å². The number of nitrogens with one attached hydrogen (secondary N) is 4. The number of methoxy groups -OCH3 is 4. The zero-order chi connectivity index (χ0) is 48.5. The van der Waals surface area contributed by atoms with Crippen LogP contribution in [-0.4, -0.2) is 134 Å². The van der Waals surface area contributed by atoms with Crippen LogP contribution in [0, 0.1) is 11.8 Å². The smallest absolute Gasteiger partial charge is 0.407 e. The van der Waals surface area contributed by atoms with E-state index in [9.17, 15) is 19.2 Å². The second-order valence-corrected chi connectivity index (χ2v) is 17.7. The van der Waals surface area contributed by atoms with E-state index in [-0.39, 0.29) is 35.7 Å². The number of likely N-dealkylation sites (tertiary alicyclic amines) is 2. The highest BCUT2D eigenvalue weighted by Crippen LogP contribution is 2.42. The topological polar surface area (TPSA) is 212 Å². The Morgan fingerprint density at radius 3 is 1.68 bits per heavy atom. The molecular formula is C50H64N8O10. The maximum absolute atomic E-state index is 13.8. The largest absolute Gasteiger partial charge is 0.491 e. The van der Waals surface area contributed by atoms with Gasteiger partial charge < -0.3 is 58.8 Å². The standard InChI is InChI=1S/C50H64N8O10/c1-29(2)43(55-49(61)65-7)47(59)57-19-9-11-39(57)45-51-28-38(54-45)33-14-17-35(42(27-33)68-24-22-64-6)34-16-13-32(26-41(34)67-23-21-63-5)31-15-18-36-37(25-31)53-46(52-36)40-12-10-20-58(40)48(60)44(30(3)4)56-50(62)66-8/h13-18,25-30,39-40,43-44H,9-12,19-24H2,1-8H3,(H,51,54)(H,52,53)(H,55,61)(H,56,62). The summed E-state index contributed by atoms with van der Waals surface area (Å²) in [4.78, 5) is 72.0. The molecule has 0 spiro atoms. The van der Waals surface area contributed by atoms with Crippen LogP contribution in [-0.2, 0) is 28.5 Å². The minimum Gasteiger partial charge on any atom is -0.491 e. The van der Waals surface area contributed by atoms with Gasteiger partial charge in [-0.15, -0.1) is 0 Å². The van der Waals surface area contributed by atoms with E-state index in [2.05, 4.69) is 20.6 Å². The summed E-state index contributed by atoms with van der Waals surface area (Å²) in [5.74, 6) is 1.96. The van der Waals surface area contributed by atoms with Crippen molar-refractivity contribution in [1.82, 2.24) is 40.4 Å². The lowest BCUT2D eigenvalue weighted by Crippen LogP contribution is -2.51. The molecule has 364 valence electrons. The Morgan fingerprint density at radius 2 is 1.15 bits per heavy atom. The number of hydrogen-bond acceptors (Lipinski definition) is 12. The van der Waals surface area contributed by atoms with Crippen molar-refractivity contribution < 1.29 is 47.6 Å². The molecular weight excluding hydrogens is 873 g/mol. The molecule has 18 nitrogen and oxygen atoms in total. The Hall–Kier alpha value is -6.66. The van der Waals surface area contributed by atoms with Crippen LogP contribution in [0.15, 0.2) is 60.8 Å². The zero-order valence-electron chi connectivity index (χ0n) is 40.2. The molecule has 2 fully saturated rings. The lowest BCUT2D eigenvalue weighted by atomic mass is 9.97. The third kappa shape index (κ3) is 11.0. The van der Waals surface area contributed by atoms with Crippen LogP contribution in [0.4, 0.5) is 9.59 Å². The molecule has 0 saturated carbocycles. The molecule has 4 heterocycles. The third-order valence-electron chi connectivity index (χ3n) is 12.6. The van der Waals surface area contributed by atoms with E-state index in [4.69, 9.17) is 38.4 Å². The SMILES string of the molecule is COCCOc1cc(-c2ccc3nc(C4CCCN4C(=O)C(NC(=O)OC)C(C)C)[nH]c3c2)ccc1-c1ccc(-c2cnc(C3CCCN3C(=O)C(NC(=O)OC)C(C)C)[nH]2)cc1OCCOC. The number of benzene rings is 3. The van der Waals surface area contributed by atoms with Gasteiger partial charge in [0.15, 0.2) is 0 Å². The van der Waals surface area contributed by atoms with E-state index in [0.29, 0.717) is 62.7 Å². The number of fused-ring (bicyclic) bond motifs is 1. The van der Waals surface area contributed by atoms with Gasteiger partial charge in [-0.25, -0.2) is 19.6 Å². The molecule has 2 saturated heterocycles. The van der Waals surface area contributed by atoms with Crippen molar-refractivity contribution in [3.8, 4) is 45.0 Å². The van der Waals surface area contributed by atoms with Gasteiger partial charge >= 0.3 is 12.2 Å². The van der Waals surface area contributed by atoms with Crippen molar-refractivity contribution in [2.75, 3.05) is 68.0 Å². The molecule has 5 aromatic rings. The minimum absolute atomic E-state index is 0.140. The molecule has 4 N–H and O–H groups in total. The van der Waals surface area contributed by atoms with E-state index in [1.807, 2.05) is 82.3 Å². The van der Waals surface area contributed by atoms with Crippen LogP contribution >= 0.6 is 0 Å². The fourth-order valence-corrected chi connectivity index (χ4v) is 8.95. The van der Waals surface area contributed by atoms with Crippen molar-refractivity contribution >= 4 is 35.0 Å². The van der Waals surface area contributed by atoms with Crippen molar-refractivity contribution in [3.63, 3.8) is 0 Å². The Labute approximate surface area is 396 Å². The molecule has 2 aromatic heterocycles. The van der Waals surface area contributed by atoms with Crippen LogP contribution in [0.1, 0.15) is 77.1 Å². The quantitative estimate of drug-likeness (QED) is 0.0596. The van der Waals surface area contributed by atoms with Crippen LogP contribution in [0.3, 0.4) is 0 Å². The first-order valence-electron chi connectivity index (χ1n) is 23.2. The first kappa shape index (κ1) is 49.3. The highest BCUT2D eigenvalue weighted by Gasteiger charge is 2.39. The van der Waals surface area contributed by atoms with Gasteiger partial charge in [-0.2, -0.15) is 0 Å². The number of alkyl carbamates (subject to hydrolysis) is 2. The fourth-order valence-electron chi connectivity index (χ4n) is 8.95. The van der Waals surface area contributed by atoms with Crippen LogP contribution in [0.25, 0.3) is 44.5 Å². The first-order chi connectivity index (χ1) is 32.8. The van der Waals surface area contributed by atoms with Gasteiger partial charge in [-0.05, 0) is 85.0 Å². The summed E-state index contributed by atoms with van der Waals surface area (Å²) in [7, 11) is 5.82. The van der Waals surface area contributed by atoms with Gasteiger partial charge in [0.05, 0.1) is 62.4 Å². The van der Waals surface area contributed by atoms with E-state index in [0.717, 1.165) is 70.2 Å². The van der Waals surface area contributed by atoms with E-state index >= 15 is 0 Å². The zero-order valence-corrected chi connectivity index (χ0v) is 40.2. The maximum atomic E-state index is 13.8. The van der Waals surface area contributed by atoms with Gasteiger partial charge in [0.2, 0.25) is 11.8 Å². The fraction of sp³-hybridized carbons (Fsp3) is 0.480. The summed E-state index contributed by atoms with van der Waals surface area (Å²) >= 11 is 0. The lowest BCUT2D eigenvalue weighted by Gasteiger charge is -2.30. The van der Waals surface area contributed by atoms with Crippen LogP contribution in [0.2, 0.25) is 0 Å². The molecule has 2 aliphatic rings. The molecule has 7 rings (SSSR count). The number of aromatic nitrogens is 4. The highest BCUT2D eigenvalue weighted by atomic mass is 16.5. The number of amides is 4. The average molecular weight is 937 g/mol. The molecule has 18 heteroatoms. The second kappa shape index (κ2) is 22.4. The number of H-pyrrole nitrogens is 2. The summed E-state index contributed by atoms with van der Waals surface area (Å²) in [6, 6.07) is 16.0. The molecule has 68 heavy (non-hydrogen) atoms. The average Bonchev–Trinajstić information content (AvgIpc) is 4.19. The molecule has 4 amide bonds. The van der Waals surface area contributed by atoms with E-state index in [1.54, 1.807) is 30.2 Å². The second-order valence-electron chi connectivity index (χ2n) is 17.7. The van der Waals surface area contributed by atoms with Gasteiger partial charge in [0, 0.05) is 44.0 Å². The number of imidazole rings is 2. The van der Waals surface area contributed by atoms with Gasteiger partial charge in [-0.3, -0.25) is 9.59 Å². The number of rotatable bonds is 19. The van der Waals surface area contributed by atoms with Gasteiger partial charge in [-0.1, -0.05) is 45.9 Å². The van der Waals surface area contributed by atoms with Crippen molar-refractivity contribution in [2.45, 2.75) is 77.5 Å². The van der Waals surface area contributed by atoms with Crippen LogP contribution < -0.4 is 20.1 Å². The van der Waals surface area contributed by atoms with Gasteiger partial charge in [0.1, 0.15) is 48.4 Å².